The molecule has 2 heterocycles. The zero-order valence-electron chi connectivity index (χ0n) is 10.6. The minimum Gasteiger partial charge on any atom is -0.497 e. The van der Waals surface area contributed by atoms with Crippen LogP contribution in [0.15, 0.2) is 36.7 Å². The van der Waals surface area contributed by atoms with E-state index in [1.54, 1.807) is 19.5 Å². The van der Waals surface area contributed by atoms with Gasteiger partial charge in [-0.05, 0) is 18.2 Å². The SMILES string of the molecule is COc1ccc2cc(-c3cnc(CN)cn3)[nH]c2c1. The maximum atomic E-state index is 5.51. The Morgan fingerprint density at radius 1 is 1.21 bits per heavy atom. The predicted octanol–water partition coefficient (Wildman–Crippen LogP) is 2.09. The molecule has 0 fully saturated rings. The number of aromatic nitrogens is 3. The Balaban J connectivity index is 2.04. The van der Waals surface area contributed by atoms with Crippen LogP contribution in [0.1, 0.15) is 5.69 Å². The smallest absolute Gasteiger partial charge is 0.120 e. The van der Waals surface area contributed by atoms with Crippen molar-refractivity contribution in [1.82, 2.24) is 15.0 Å². The molecule has 0 bridgehead atoms. The van der Waals surface area contributed by atoms with Crippen LogP contribution < -0.4 is 10.5 Å². The summed E-state index contributed by atoms with van der Waals surface area (Å²) in [5, 5.41) is 1.11. The number of methoxy groups -OCH3 is 1. The van der Waals surface area contributed by atoms with Gasteiger partial charge in [-0.3, -0.25) is 9.97 Å². The molecule has 5 heteroatoms. The van der Waals surface area contributed by atoms with Crippen molar-refractivity contribution in [2.24, 2.45) is 5.73 Å². The van der Waals surface area contributed by atoms with E-state index >= 15 is 0 Å². The fourth-order valence-corrected chi connectivity index (χ4v) is 1.97. The van der Waals surface area contributed by atoms with Gasteiger partial charge in [0.05, 0.1) is 30.9 Å². The van der Waals surface area contributed by atoms with Gasteiger partial charge >= 0.3 is 0 Å². The van der Waals surface area contributed by atoms with Crippen molar-refractivity contribution in [1.29, 1.82) is 0 Å². The van der Waals surface area contributed by atoms with Gasteiger partial charge in [-0.1, -0.05) is 0 Å². The Kier molecular flexibility index (Phi) is 2.89. The summed E-state index contributed by atoms with van der Waals surface area (Å²) in [6.45, 7) is 0.400. The first-order valence-corrected chi connectivity index (χ1v) is 5.98. The highest BCUT2D eigenvalue weighted by molar-refractivity contribution is 5.86. The fourth-order valence-electron chi connectivity index (χ4n) is 1.97. The van der Waals surface area contributed by atoms with Gasteiger partial charge in [0.25, 0.3) is 0 Å². The summed E-state index contributed by atoms with van der Waals surface area (Å²) < 4.78 is 5.21. The molecular weight excluding hydrogens is 240 g/mol. The molecule has 0 spiro atoms. The van der Waals surface area contributed by atoms with Crippen LogP contribution in [0.2, 0.25) is 0 Å². The van der Waals surface area contributed by atoms with Crippen molar-refractivity contribution < 1.29 is 4.74 Å². The van der Waals surface area contributed by atoms with Crippen LogP contribution in [0, 0.1) is 0 Å². The van der Waals surface area contributed by atoms with Crippen molar-refractivity contribution in [3.05, 3.63) is 42.4 Å². The van der Waals surface area contributed by atoms with Gasteiger partial charge in [0.1, 0.15) is 11.4 Å². The average molecular weight is 254 g/mol. The van der Waals surface area contributed by atoms with E-state index in [0.29, 0.717) is 6.54 Å². The summed E-state index contributed by atoms with van der Waals surface area (Å²) >= 11 is 0. The number of nitrogens with two attached hydrogens (primary N) is 1. The lowest BCUT2D eigenvalue weighted by atomic mass is 10.2. The van der Waals surface area contributed by atoms with Gasteiger partial charge in [-0.15, -0.1) is 0 Å². The Morgan fingerprint density at radius 2 is 2.11 bits per heavy atom. The van der Waals surface area contributed by atoms with Crippen molar-refractivity contribution in [3.8, 4) is 17.1 Å². The predicted molar refractivity (Wildman–Crippen MR) is 73.8 cm³/mol. The second kappa shape index (κ2) is 4.70. The Hall–Kier alpha value is -2.40. The molecular formula is C14H14N4O. The number of ether oxygens (including phenoxy) is 1. The minimum absolute atomic E-state index is 0.400. The molecule has 0 aliphatic carbocycles. The number of H-pyrrole nitrogens is 1. The molecule has 0 aliphatic heterocycles. The number of nitrogens with zero attached hydrogens (tertiary/aromatic N) is 2. The standard InChI is InChI=1S/C14H14N4O/c1-19-11-3-2-9-4-13(18-12(9)5-11)14-8-16-10(6-15)7-17-14/h2-5,7-8,18H,6,15H2,1H3. The third-order valence-electron chi connectivity index (χ3n) is 3.02. The van der Waals surface area contributed by atoms with E-state index in [0.717, 1.165) is 33.7 Å². The molecule has 19 heavy (non-hydrogen) atoms. The Bertz CT molecular complexity index is 703. The van der Waals surface area contributed by atoms with E-state index in [9.17, 15) is 0 Å². The lowest BCUT2D eigenvalue weighted by molar-refractivity contribution is 0.415. The molecule has 0 aliphatic rings. The minimum atomic E-state index is 0.400. The second-order valence-electron chi connectivity index (χ2n) is 4.23. The van der Waals surface area contributed by atoms with E-state index in [1.165, 1.54) is 0 Å². The molecule has 0 saturated carbocycles. The van der Waals surface area contributed by atoms with Crippen LogP contribution in [0.5, 0.6) is 5.75 Å². The first kappa shape index (κ1) is 11.7. The Labute approximate surface area is 110 Å². The summed E-state index contributed by atoms with van der Waals surface area (Å²) in [6, 6.07) is 7.94. The number of hydrogen-bond acceptors (Lipinski definition) is 4. The molecule has 3 N–H and O–H groups in total. The molecule has 0 radical (unpaired) electrons. The summed E-state index contributed by atoms with van der Waals surface area (Å²) in [6.07, 6.45) is 3.42. The topological polar surface area (TPSA) is 76.8 Å². The van der Waals surface area contributed by atoms with Gasteiger partial charge in [-0.25, -0.2) is 0 Å². The van der Waals surface area contributed by atoms with Gasteiger partial charge in [-0.2, -0.15) is 0 Å². The zero-order valence-corrected chi connectivity index (χ0v) is 10.6. The fraction of sp³-hybridized carbons (Fsp3) is 0.143. The molecule has 1 aromatic carbocycles. The van der Waals surface area contributed by atoms with Crippen LogP contribution >= 0.6 is 0 Å². The number of benzene rings is 1. The lowest BCUT2D eigenvalue weighted by Crippen LogP contribution is -2.00. The van der Waals surface area contributed by atoms with Crippen LogP contribution in [-0.4, -0.2) is 22.1 Å². The van der Waals surface area contributed by atoms with Crippen molar-refractivity contribution in [2.45, 2.75) is 6.54 Å². The maximum Gasteiger partial charge on any atom is 0.120 e. The first-order chi connectivity index (χ1) is 9.30. The molecule has 2 aromatic heterocycles. The quantitative estimate of drug-likeness (QED) is 0.750. The number of hydrogen-bond donors (Lipinski definition) is 2. The third-order valence-corrected chi connectivity index (χ3v) is 3.02. The molecule has 3 aromatic rings. The zero-order chi connectivity index (χ0) is 13.2. The summed E-state index contributed by atoms with van der Waals surface area (Å²) in [4.78, 5) is 11.9. The second-order valence-corrected chi connectivity index (χ2v) is 4.23. The van der Waals surface area contributed by atoms with Crippen molar-refractivity contribution in [3.63, 3.8) is 0 Å². The van der Waals surface area contributed by atoms with Gasteiger partial charge in [0, 0.05) is 23.5 Å². The van der Waals surface area contributed by atoms with E-state index in [1.807, 2.05) is 24.3 Å². The highest BCUT2D eigenvalue weighted by Gasteiger charge is 2.06. The summed E-state index contributed by atoms with van der Waals surface area (Å²) in [5.41, 5.74) is 9.03. The number of rotatable bonds is 3. The Morgan fingerprint density at radius 3 is 2.79 bits per heavy atom. The first-order valence-electron chi connectivity index (χ1n) is 5.98. The van der Waals surface area contributed by atoms with Gasteiger partial charge in [0.2, 0.25) is 0 Å². The molecule has 0 amide bonds. The largest absolute Gasteiger partial charge is 0.497 e. The van der Waals surface area contributed by atoms with Gasteiger partial charge < -0.3 is 15.5 Å². The van der Waals surface area contributed by atoms with E-state index in [-0.39, 0.29) is 0 Å². The van der Waals surface area contributed by atoms with Crippen LogP contribution in [-0.2, 0) is 6.54 Å². The van der Waals surface area contributed by atoms with Crippen LogP contribution in [0.4, 0.5) is 0 Å². The van der Waals surface area contributed by atoms with E-state index in [2.05, 4.69) is 15.0 Å². The third kappa shape index (κ3) is 2.15. The lowest BCUT2D eigenvalue weighted by Gasteiger charge is -1.98. The highest BCUT2D eigenvalue weighted by Crippen LogP contribution is 2.25. The van der Waals surface area contributed by atoms with Gasteiger partial charge in [0.15, 0.2) is 0 Å². The molecule has 0 saturated heterocycles. The molecule has 0 atom stereocenters. The monoisotopic (exact) mass is 254 g/mol. The van der Waals surface area contributed by atoms with E-state index < -0.39 is 0 Å². The molecule has 3 rings (SSSR count). The summed E-state index contributed by atoms with van der Waals surface area (Å²) in [5.74, 6) is 0.825. The number of nitrogens with one attached hydrogen (secondary N) is 1. The van der Waals surface area contributed by atoms with E-state index in [4.69, 9.17) is 10.5 Å². The number of aromatic amines is 1. The maximum absolute atomic E-state index is 5.51. The van der Waals surface area contributed by atoms with Crippen LogP contribution in [0.25, 0.3) is 22.3 Å². The van der Waals surface area contributed by atoms with Crippen LogP contribution in [0.3, 0.4) is 0 Å². The highest BCUT2D eigenvalue weighted by atomic mass is 16.5. The molecule has 96 valence electrons. The molecule has 0 unspecified atom stereocenters. The van der Waals surface area contributed by atoms with Crippen molar-refractivity contribution in [2.75, 3.05) is 7.11 Å². The normalized spacial score (nSPS) is 10.8. The van der Waals surface area contributed by atoms with Crippen molar-refractivity contribution >= 4 is 10.9 Å². The molecule has 5 nitrogen and oxygen atoms in total. The summed E-state index contributed by atoms with van der Waals surface area (Å²) in [7, 11) is 1.65. The average Bonchev–Trinajstić information content (AvgIpc) is 2.90. The number of fused-ring (bicyclic) bond motifs is 1.